The van der Waals surface area contributed by atoms with Gasteiger partial charge in [-0.3, -0.25) is 0 Å². The van der Waals surface area contributed by atoms with E-state index in [0.29, 0.717) is 25.1 Å². The van der Waals surface area contributed by atoms with Crippen molar-refractivity contribution in [3.05, 3.63) is 29.3 Å². The van der Waals surface area contributed by atoms with Gasteiger partial charge < -0.3 is 5.11 Å². The number of benzene rings is 1. The summed E-state index contributed by atoms with van der Waals surface area (Å²) < 4.78 is 26.4. The summed E-state index contributed by atoms with van der Waals surface area (Å²) in [6.45, 7) is 2.88. The fourth-order valence-corrected chi connectivity index (χ4v) is 4.02. The number of sulfonamides is 1. The molecule has 0 atom stereocenters. The van der Waals surface area contributed by atoms with Gasteiger partial charge in [-0.2, -0.15) is 4.31 Å². The van der Waals surface area contributed by atoms with Gasteiger partial charge in [0.15, 0.2) is 0 Å². The molecule has 110 valence electrons. The van der Waals surface area contributed by atoms with Gasteiger partial charge in [0.25, 0.3) is 0 Å². The second-order valence-electron chi connectivity index (χ2n) is 4.94. The topological polar surface area (TPSA) is 74.7 Å². The first kappa shape index (κ1) is 15.0. The molecule has 1 heterocycles. The molecule has 6 heteroatoms. The molecule has 0 saturated carbocycles. The minimum absolute atomic E-state index is 0.0746. The molecule has 1 N–H and O–H groups in total. The lowest BCUT2D eigenvalue weighted by molar-refractivity contribution is 0.0695. The monoisotopic (exact) mass is 297 g/mol. The number of nitrogens with zero attached hydrogens (tertiary/aromatic N) is 1. The highest BCUT2D eigenvalue weighted by atomic mass is 32.2. The number of aromatic carboxylic acids is 1. The predicted octanol–water partition coefficient (Wildman–Crippen LogP) is 2.12. The third-order valence-electron chi connectivity index (χ3n) is 3.65. The molecule has 0 radical (unpaired) electrons. The zero-order valence-corrected chi connectivity index (χ0v) is 12.3. The molecule has 1 aromatic carbocycles. The number of hydrogen-bond donors (Lipinski definition) is 1. The molecule has 0 bridgehead atoms. The van der Waals surface area contributed by atoms with Crippen molar-refractivity contribution in [2.75, 3.05) is 13.1 Å². The Morgan fingerprint density at radius 3 is 2.45 bits per heavy atom. The maximum Gasteiger partial charge on any atom is 0.336 e. The highest BCUT2D eigenvalue weighted by molar-refractivity contribution is 7.89. The van der Waals surface area contributed by atoms with Gasteiger partial charge >= 0.3 is 5.97 Å². The SMILES string of the molecule is CCc1ccc(S(=O)(=O)N2CCCCC2)cc1C(=O)O. The Kier molecular flexibility index (Phi) is 4.45. The van der Waals surface area contributed by atoms with Crippen molar-refractivity contribution in [3.8, 4) is 0 Å². The van der Waals surface area contributed by atoms with Gasteiger partial charge in [0.1, 0.15) is 0 Å². The van der Waals surface area contributed by atoms with Crippen molar-refractivity contribution < 1.29 is 18.3 Å². The fourth-order valence-electron chi connectivity index (χ4n) is 2.48. The zero-order chi connectivity index (χ0) is 14.8. The van der Waals surface area contributed by atoms with E-state index in [1.54, 1.807) is 6.07 Å². The molecule has 0 amide bonds. The van der Waals surface area contributed by atoms with E-state index in [-0.39, 0.29) is 10.5 Å². The van der Waals surface area contributed by atoms with Crippen molar-refractivity contribution >= 4 is 16.0 Å². The Morgan fingerprint density at radius 2 is 1.90 bits per heavy atom. The van der Waals surface area contributed by atoms with Gasteiger partial charge in [-0.15, -0.1) is 0 Å². The van der Waals surface area contributed by atoms with Crippen LogP contribution in [-0.4, -0.2) is 36.9 Å². The molecule has 0 aromatic heterocycles. The number of carboxylic acid groups (broad SMARTS) is 1. The van der Waals surface area contributed by atoms with Gasteiger partial charge in [-0.1, -0.05) is 19.4 Å². The summed E-state index contributed by atoms with van der Waals surface area (Å²) in [5, 5.41) is 9.19. The maximum absolute atomic E-state index is 12.5. The van der Waals surface area contributed by atoms with Gasteiger partial charge in [0.2, 0.25) is 10.0 Å². The second kappa shape index (κ2) is 5.93. The van der Waals surface area contributed by atoms with Crippen molar-refractivity contribution in [2.24, 2.45) is 0 Å². The molecule has 2 rings (SSSR count). The van der Waals surface area contributed by atoms with E-state index in [0.717, 1.165) is 19.3 Å². The van der Waals surface area contributed by atoms with Crippen LogP contribution in [0.2, 0.25) is 0 Å². The van der Waals surface area contributed by atoms with E-state index in [1.165, 1.54) is 16.4 Å². The van der Waals surface area contributed by atoms with E-state index in [1.807, 2.05) is 6.92 Å². The van der Waals surface area contributed by atoms with E-state index in [2.05, 4.69) is 0 Å². The van der Waals surface area contributed by atoms with Crippen LogP contribution in [0.5, 0.6) is 0 Å². The Hall–Kier alpha value is -1.40. The number of rotatable bonds is 4. The lowest BCUT2D eigenvalue weighted by Crippen LogP contribution is -2.35. The number of carbonyl (C=O) groups is 1. The molecular formula is C14H19NO4S. The summed E-state index contributed by atoms with van der Waals surface area (Å²) in [6, 6.07) is 4.39. The first-order chi connectivity index (χ1) is 9.46. The average molecular weight is 297 g/mol. The lowest BCUT2D eigenvalue weighted by atomic mass is 10.1. The van der Waals surface area contributed by atoms with E-state index in [4.69, 9.17) is 0 Å². The molecular weight excluding hydrogens is 278 g/mol. The van der Waals surface area contributed by atoms with Crippen LogP contribution in [0, 0.1) is 0 Å². The van der Waals surface area contributed by atoms with Crippen LogP contribution < -0.4 is 0 Å². The molecule has 1 aliphatic heterocycles. The lowest BCUT2D eigenvalue weighted by Gasteiger charge is -2.26. The first-order valence-electron chi connectivity index (χ1n) is 6.83. The first-order valence-corrected chi connectivity index (χ1v) is 8.27. The smallest absolute Gasteiger partial charge is 0.336 e. The Bertz CT molecular complexity index is 604. The minimum atomic E-state index is -3.57. The molecule has 0 aliphatic carbocycles. The summed E-state index contributed by atoms with van der Waals surface area (Å²) in [7, 11) is -3.57. The van der Waals surface area contributed by atoms with Gasteiger partial charge in [-0.05, 0) is 37.0 Å². The van der Waals surface area contributed by atoms with Crippen LogP contribution in [-0.2, 0) is 16.4 Å². The molecule has 1 fully saturated rings. The van der Waals surface area contributed by atoms with Crippen molar-refractivity contribution in [1.29, 1.82) is 0 Å². The van der Waals surface area contributed by atoms with E-state index >= 15 is 0 Å². The summed E-state index contributed by atoms with van der Waals surface area (Å²) in [5.74, 6) is -1.09. The molecule has 0 unspecified atom stereocenters. The van der Waals surface area contributed by atoms with Crippen LogP contribution in [0.1, 0.15) is 42.1 Å². The average Bonchev–Trinajstić information content (AvgIpc) is 2.47. The van der Waals surface area contributed by atoms with Crippen LogP contribution in [0.25, 0.3) is 0 Å². The highest BCUT2D eigenvalue weighted by Gasteiger charge is 2.27. The maximum atomic E-state index is 12.5. The van der Waals surface area contributed by atoms with E-state index in [9.17, 15) is 18.3 Å². The third kappa shape index (κ3) is 2.86. The fraction of sp³-hybridized carbons (Fsp3) is 0.500. The molecule has 20 heavy (non-hydrogen) atoms. The Labute approximate surface area is 119 Å². The third-order valence-corrected chi connectivity index (χ3v) is 5.54. The molecule has 5 nitrogen and oxygen atoms in total. The summed E-state index contributed by atoms with van der Waals surface area (Å²) >= 11 is 0. The van der Waals surface area contributed by atoms with Gasteiger partial charge in [0.05, 0.1) is 10.5 Å². The number of hydrogen-bond acceptors (Lipinski definition) is 3. The number of carboxylic acids is 1. The van der Waals surface area contributed by atoms with Crippen LogP contribution in [0.3, 0.4) is 0 Å². The standard InChI is InChI=1S/C14H19NO4S/c1-2-11-6-7-12(10-13(11)14(16)17)20(18,19)15-8-4-3-5-9-15/h6-7,10H,2-5,8-9H2,1H3,(H,16,17). The molecule has 1 aromatic rings. The van der Waals surface area contributed by atoms with Crippen molar-refractivity contribution in [1.82, 2.24) is 4.31 Å². The Morgan fingerprint density at radius 1 is 1.25 bits per heavy atom. The summed E-state index contributed by atoms with van der Waals surface area (Å²) in [4.78, 5) is 11.3. The van der Waals surface area contributed by atoms with Crippen molar-refractivity contribution in [3.63, 3.8) is 0 Å². The molecule has 0 spiro atoms. The zero-order valence-electron chi connectivity index (χ0n) is 11.5. The van der Waals surface area contributed by atoms with Gasteiger partial charge in [-0.25, -0.2) is 13.2 Å². The second-order valence-corrected chi connectivity index (χ2v) is 6.88. The van der Waals surface area contributed by atoms with Crippen LogP contribution in [0.4, 0.5) is 0 Å². The largest absolute Gasteiger partial charge is 0.478 e. The quantitative estimate of drug-likeness (QED) is 0.923. The van der Waals surface area contributed by atoms with Crippen LogP contribution >= 0.6 is 0 Å². The summed E-state index contributed by atoms with van der Waals surface area (Å²) in [5.41, 5.74) is 0.723. The van der Waals surface area contributed by atoms with E-state index < -0.39 is 16.0 Å². The normalized spacial score (nSPS) is 17.1. The molecule has 1 saturated heterocycles. The van der Waals surface area contributed by atoms with Gasteiger partial charge in [0, 0.05) is 13.1 Å². The van der Waals surface area contributed by atoms with Crippen LogP contribution in [0.15, 0.2) is 23.1 Å². The highest BCUT2D eigenvalue weighted by Crippen LogP contribution is 2.23. The predicted molar refractivity (Wildman–Crippen MR) is 75.4 cm³/mol. The Balaban J connectivity index is 2.41. The molecule has 1 aliphatic rings. The van der Waals surface area contributed by atoms with Crippen molar-refractivity contribution in [2.45, 2.75) is 37.5 Å². The minimum Gasteiger partial charge on any atom is -0.478 e. The number of aryl methyl sites for hydroxylation is 1. The summed E-state index contributed by atoms with van der Waals surface area (Å²) in [6.07, 6.45) is 3.32. The number of piperidine rings is 1.